The first kappa shape index (κ1) is 9.84. The Morgan fingerprint density at radius 1 is 0.941 bits per heavy atom. The van der Waals surface area contributed by atoms with Gasteiger partial charge in [0, 0.05) is 7.05 Å². The highest BCUT2D eigenvalue weighted by Gasteiger charge is 2.04. The van der Waals surface area contributed by atoms with E-state index in [4.69, 9.17) is 5.73 Å². The number of nitrogens with two attached hydrogens (primary N) is 1. The highest BCUT2D eigenvalue weighted by atomic mass is 14.9. The van der Waals surface area contributed by atoms with E-state index in [9.17, 15) is 0 Å². The number of aromatic nitrogens is 2. The zero-order chi connectivity index (χ0) is 11.8. The third-order valence-electron chi connectivity index (χ3n) is 2.78. The predicted octanol–water partition coefficient (Wildman–Crippen LogP) is 2.41. The van der Waals surface area contributed by atoms with Crippen LogP contribution in [0.2, 0.25) is 0 Å². The maximum atomic E-state index is 5.91. The molecule has 0 aliphatic rings. The predicted molar refractivity (Wildman–Crippen MR) is 71.0 cm³/mol. The smallest absolute Gasteiger partial charge is 0.0916 e. The monoisotopic (exact) mass is 224 g/mol. The summed E-state index contributed by atoms with van der Waals surface area (Å²) in [5.41, 5.74) is 10.9. The molecule has 0 fully saturated rings. The Bertz CT molecular complexity index is 706. The molecule has 0 bridgehead atoms. The van der Waals surface area contributed by atoms with E-state index in [2.05, 4.69) is 15.3 Å². The highest BCUT2D eigenvalue weighted by molar-refractivity contribution is 5.91. The minimum absolute atomic E-state index is 0.685. The fourth-order valence-electron chi connectivity index (χ4n) is 1.90. The lowest BCUT2D eigenvalue weighted by molar-refractivity contribution is 1.39. The molecular weight excluding hydrogens is 212 g/mol. The Labute approximate surface area is 98.5 Å². The fraction of sp³-hybridized carbons (Fsp3) is 0.0769. The van der Waals surface area contributed by atoms with Crippen LogP contribution in [-0.4, -0.2) is 17.0 Å². The van der Waals surface area contributed by atoms with Gasteiger partial charge in [0.15, 0.2) is 0 Å². The first-order valence-corrected chi connectivity index (χ1v) is 5.42. The number of hydrogen-bond donors (Lipinski definition) is 2. The van der Waals surface area contributed by atoms with Crippen LogP contribution in [0.25, 0.3) is 22.1 Å². The van der Waals surface area contributed by atoms with E-state index in [1.807, 2.05) is 43.4 Å². The molecule has 4 heteroatoms. The van der Waals surface area contributed by atoms with Gasteiger partial charge in [-0.2, -0.15) is 0 Å². The van der Waals surface area contributed by atoms with Crippen molar-refractivity contribution in [1.82, 2.24) is 9.97 Å². The summed E-state index contributed by atoms with van der Waals surface area (Å²) in [6.07, 6.45) is 0. The molecule has 0 aliphatic carbocycles. The van der Waals surface area contributed by atoms with E-state index in [0.29, 0.717) is 5.69 Å². The molecular formula is C13H12N4. The van der Waals surface area contributed by atoms with Crippen molar-refractivity contribution in [2.24, 2.45) is 0 Å². The molecule has 0 radical (unpaired) electrons. The van der Waals surface area contributed by atoms with Crippen molar-refractivity contribution in [2.75, 3.05) is 18.1 Å². The number of hydrogen-bond acceptors (Lipinski definition) is 4. The molecule has 84 valence electrons. The molecule has 0 saturated heterocycles. The summed E-state index contributed by atoms with van der Waals surface area (Å²) >= 11 is 0. The lowest BCUT2D eigenvalue weighted by atomic mass is 10.2. The largest absolute Gasteiger partial charge is 0.397 e. The van der Waals surface area contributed by atoms with E-state index in [0.717, 1.165) is 27.8 Å². The molecule has 1 aromatic heterocycles. The average Bonchev–Trinajstić information content (AvgIpc) is 2.35. The number of anilines is 2. The third-order valence-corrected chi connectivity index (χ3v) is 2.78. The number of nitrogen functional groups attached to an aromatic ring is 1. The number of fused-ring (bicyclic) bond motifs is 2. The van der Waals surface area contributed by atoms with Gasteiger partial charge in [0.25, 0.3) is 0 Å². The van der Waals surface area contributed by atoms with Crippen molar-refractivity contribution >= 4 is 33.4 Å². The molecule has 0 amide bonds. The lowest BCUT2D eigenvalue weighted by Gasteiger charge is -2.07. The average molecular weight is 224 g/mol. The Morgan fingerprint density at radius 2 is 1.53 bits per heavy atom. The standard InChI is InChI=1S/C13H12N4/c1-15-11-7-13-12(6-8(11)14)16-9-4-2-3-5-10(9)17-13/h2-7,15H,14H2,1H3. The van der Waals surface area contributed by atoms with Gasteiger partial charge in [-0.15, -0.1) is 0 Å². The van der Waals surface area contributed by atoms with E-state index in [1.54, 1.807) is 0 Å². The highest BCUT2D eigenvalue weighted by Crippen LogP contribution is 2.25. The Balaban J connectivity index is 2.40. The lowest BCUT2D eigenvalue weighted by Crippen LogP contribution is -1.97. The van der Waals surface area contributed by atoms with Crippen LogP contribution in [-0.2, 0) is 0 Å². The number of rotatable bonds is 1. The van der Waals surface area contributed by atoms with Crippen LogP contribution < -0.4 is 11.1 Å². The SMILES string of the molecule is CNc1cc2nc3ccccc3nc2cc1N. The van der Waals surface area contributed by atoms with Crippen molar-refractivity contribution in [3.8, 4) is 0 Å². The first-order valence-electron chi connectivity index (χ1n) is 5.42. The third kappa shape index (κ3) is 1.54. The zero-order valence-corrected chi connectivity index (χ0v) is 9.44. The number of para-hydroxylation sites is 2. The van der Waals surface area contributed by atoms with Gasteiger partial charge in [0.05, 0.1) is 33.4 Å². The van der Waals surface area contributed by atoms with Crippen molar-refractivity contribution in [3.05, 3.63) is 36.4 Å². The van der Waals surface area contributed by atoms with Crippen LogP contribution in [0.1, 0.15) is 0 Å². The number of benzene rings is 2. The summed E-state index contributed by atoms with van der Waals surface area (Å²) < 4.78 is 0. The second-order valence-electron chi connectivity index (χ2n) is 3.89. The van der Waals surface area contributed by atoms with Gasteiger partial charge in [-0.25, -0.2) is 9.97 Å². The minimum Gasteiger partial charge on any atom is -0.397 e. The second-order valence-corrected chi connectivity index (χ2v) is 3.89. The van der Waals surface area contributed by atoms with Gasteiger partial charge in [0.1, 0.15) is 0 Å². The van der Waals surface area contributed by atoms with Crippen molar-refractivity contribution in [1.29, 1.82) is 0 Å². The molecule has 3 aromatic rings. The Hall–Kier alpha value is -2.36. The molecule has 0 spiro atoms. The maximum absolute atomic E-state index is 5.91. The Morgan fingerprint density at radius 3 is 2.12 bits per heavy atom. The van der Waals surface area contributed by atoms with E-state index < -0.39 is 0 Å². The summed E-state index contributed by atoms with van der Waals surface area (Å²) in [6.45, 7) is 0. The van der Waals surface area contributed by atoms with Crippen LogP contribution in [0, 0.1) is 0 Å². The van der Waals surface area contributed by atoms with Gasteiger partial charge in [-0.1, -0.05) is 12.1 Å². The van der Waals surface area contributed by atoms with Crippen LogP contribution in [0.5, 0.6) is 0 Å². The summed E-state index contributed by atoms with van der Waals surface area (Å²) in [6, 6.07) is 11.6. The van der Waals surface area contributed by atoms with Gasteiger partial charge in [-0.05, 0) is 24.3 Å². The number of nitrogens with one attached hydrogen (secondary N) is 1. The quantitative estimate of drug-likeness (QED) is 0.492. The summed E-state index contributed by atoms with van der Waals surface area (Å²) in [7, 11) is 1.84. The normalized spacial score (nSPS) is 10.9. The molecule has 0 unspecified atom stereocenters. The molecule has 2 aromatic carbocycles. The van der Waals surface area contributed by atoms with Crippen molar-refractivity contribution in [2.45, 2.75) is 0 Å². The molecule has 0 saturated carbocycles. The molecule has 3 N–H and O–H groups in total. The molecule has 17 heavy (non-hydrogen) atoms. The summed E-state index contributed by atoms with van der Waals surface area (Å²) in [5, 5.41) is 3.04. The maximum Gasteiger partial charge on any atom is 0.0916 e. The van der Waals surface area contributed by atoms with Gasteiger partial charge in [0.2, 0.25) is 0 Å². The molecule has 4 nitrogen and oxygen atoms in total. The molecule has 0 atom stereocenters. The van der Waals surface area contributed by atoms with Gasteiger partial charge < -0.3 is 11.1 Å². The zero-order valence-electron chi connectivity index (χ0n) is 9.44. The molecule has 1 heterocycles. The van der Waals surface area contributed by atoms with E-state index in [-0.39, 0.29) is 0 Å². The summed E-state index contributed by atoms with van der Waals surface area (Å²) in [5.74, 6) is 0. The van der Waals surface area contributed by atoms with Crippen molar-refractivity contribution in [3.63, 3.8) is 0 Å². The summed E-state index contributed by atoms with van der Waals surface area (Å²) in [4.78, 5) is 9.11. The van der Waals surface area contributed by atoms with Crippen LogP contribution in [0.15, 0.2) is 36.4 Å². The van der Waals surface area contributed by atoms with Crippen LogP contribution in [0.3, 0.4) is 0 Å². The first-order chi connectivity index (χ1) is 8.28. The van der Waals surface area contributed by atoms with Gasteiger partial charge >= 0.3 is 0 Å². The fourth-order valence-corrected chi connectivity index (χ4v) is 1.90. The number of nitrogens with zero attached hydrogens (tertiary/aromatic N) is 2. The van der Waals surface area contributed by atoms with Crippen LogP contribution >= 0.6 is 0 Å². The second kappa shape index (κ2) is 3.59. The minimum atomic E-state index is 0.685. The van der Waals surface area contributed by atoms with Gasteiger partial charge in [-0.3, -0.25) is 0 Å². The van der Waals surface area contributed by atoms with Crippen LogP contribution in [0.4, 0.5) is 11.4 Å². The Kier molecular flexibility index (Phi) is 2.08. The van der Waals surface area contributed by atoms with E-state index >= 15 is 0 Å². The molecule has 3 rings (SSSR count). The van der Waals surface area contributed by atoms with Crippen molar-refractivity contribution < 1.29 is 0 Å². The topological polar surface area (TPSA) is 63.8 Å². The van der Waals surface area contributed by atoms with E-state index in [1.165, 1.54) is 0 Å². The molecule has 0 aliphatic heterocycles.